The third-order valence-electron chi connectivity index (χ3n) is 3.13. The van der Waals surface area contributed by atoms with Crippen molar-refractivity contribution >= 4 is 5.69 Å². The summed E-state index contributed by atoms with van der Waals surface area (Å²) < 4.78 is 1.84. The van der Waals surface area contributed by atoms with Crippen LogP contribution in [0.2, 0.25) is 0 Å². The summed E-state index contributed by atoms with van der Waals surface area (Å²) in [4.78, 5) is 4.37. The van der Waals surface area contributed by atoms with Crippen LogP contribution in [-0.2, 0) is 0 Å². The van der Waals surface area contributed by atoms with Crippen LogP contribution in [-0.4, -0.2) is 14.8 Å². The van der Waals surface area contributed by atoms with Crippen LogP contribution in [0.5, 0.6) is 0 Å². The zero-order valence-electron chi connectivity index (χ0n) is 11.3. The molecule has 3 rings (SSSR count). The van der Waals surface area contributed by atoms with Crippen LogP contribution in [0.3, 0.4) is 0 Å². The smallest absolute Gasteiger partial charge is 0.0666 e. The maximum absolute atomic E-state index is 4.37. The fourth-order valence-corrected chi connectivity index (χ4v) is 2.12. The van der Waals surface area contributed by atoms with E-state index in [1.165, 1.54) is 0 Å². The van der Waals surface area contributed by atoms with Gasteiger partial charge in [-0.25, -0.2) is 4.68 Å². The minimum atomic E-state index is 0.157. The second-order valence-corrected chi connectivity index (χ2v) is 4.62. The van der Waals surface area contributed by atoms with Gasteiger partial charge in [-0.2, -0.15) is 5.10 Å². The molecule has 1 atom stereocenters. The van der Waals surface area contributed by atoms with E-state index in [-0.39, 0.29) is 6.04 Å². The van der Waals surface area contributed by atoms with Crippen molar-refractivity contribution in [1.82, 2.24) is 14.8 Å². The Labute approximate surface area is 118 Å². The zero-order chi connectivity index (χ0) is 13.8. The van der Waals surface area contributed by atoms with Crippen molar-refractivity contribution in [2.45, 2.75) is 13.0 Å². The SMILES string of the molecule is CC(Nc1cccc(-n2cccn2)c1)c1ccccn1. The lowest BCUT2D eigenvalue weighted by molar-refractivity contribution is 0.836. The molecule has 1 unspecified atom stereocenters. The molecule has 0 bridgehead atoms. The predicted octanol–water partition coefficient (Wildman–Crippen LogP) is 3.44. The van der Waals surface area contributed by atoms with Gasteiger partial charge < -0.3 is 5.32 Å². The number of rotatable bonds is 4. The van der Waals surface area contributed by atoms with Gasteiger partial charge in [0.2, 0.25) is 0 Å². The molecule has 1 aromatic carbocycles. The lowest BCUT2D eigenvalue weighted by atomic mass is 10.2. The molecule has 0 aliphatic carbocycles. The molecule has 0 saturated heterocycles. The number of nitrogens with zero attached hydrogens (tertiary/aromatic N) is 3. The number of pyridine rings is 1. The fraction of sp³-hybridized carbons (Fsp3) is 0.125. The first-order valence-electron chi connectivity index (χ1n) is 6.60. The van der Waals surface area contributed by atoms with Gasteiger partial charge in [-0.15, -0.1) is 0 Å². The highest BCUT2D eigenvalue weighted by molar-refractivity contribution is 5.51. The summed E-state index contributed by atoms with van der Waals surface area (Å²) in [5, 5.41) is 7.70. The number of benzene rings is 1. The van der Waals surface area contributed by atoms with Crippen LogP contribution in [0.25, 0.3) is 5.69 Å². The van der Waals surface area contributed by atoms with Crippen LogP contribution >= 0.6 is 0 Å². The molecule has 0 aliphatic rings. The number of aromatic nitrogens is 3. The van der Waals surface area contributed by atoms with Crippen molar-refractivity contribution in [2.24, 2.45) is 0 Å². The maximum Gasteiger partial charge on any atom is 0.0666 e. The Bertz CT molecular complexity index is 662. The van der Waals surface area contributed by atoms with Crippen LogP contribution in [0.1, 0.15) is 18.7 Å². The normalized spacial score (nSPS) is 12.1. The van der Waals surface area contributed by atoms with Crippen molar-refractivity contribution < 1.29 is 0 Å². The van der Waals surface area contributed by atoms with Crippen molar-refractivity contribution in [2.75, 3.05) is 5.32 Å². The molecular weight excluding hydrogens is 248 g/mol. The summed E-state index contributed by atoms with van der Waals surface area (Å²) in [6.45, 7) is 2.10. The van der Waals surface area contributed by atoms with Crippen LogP contribution in [0.15, 0.2) is 67.1 Å². The molecule has 4 heteroatoms. The lowest BCUT2D eigenvalue weighted by Crippen LogP contribution is -2.08. The van der Waals surface area contributed by atoms with Gasteiger partial charge in [0.15, 0.2) is 0 Å². The molecule has 1 N–H and O–H groups in total. The molecular formula is C16H16N4. The van der Waals surface area contributed by atoms with Crippen molar-refractivity contribution in [1.29, 1.82) is 0 Å². The standard InChI is InChI=1S/C16H16N4/c1-13(16-8-2-3-9-17-16)19-14-6-4-7-15(12-14)20-11-5-10-18-20/h2-13,19H,1H3. The van der Waals surface area contributed by atoms with Gasteiger partial charge in [0.25, 0.3) is 0 Å². The van der Waals surface area contributed by atoms with Crippen molar-refractivity contribution in [3.63, 3.8) is 0 Å². The monoisotopic (exact) mass is 264 g/mol. The highest BCUT2D eigenvalue weighted by Crippen LogP contribution is 2.19. The van der Waals surface area contributed by atoms with Crippen LogP contribution in [0.4, 0.5) is 5.69 Å². The molecule has 0 saturated carbocycles. The topological polar surface area (TPSA) is 42.7 Å². The molecule has 0 radical (unpaired) electrons. The Hall–Kier alpha value is -2.62. The van der Waals surface area contributed by atoms with Gasteiger partial charge in [-0.05, 0) is 43.3 Å². The molecule has 0 fully saturated rings. The highest BCUT2D eigenvalue weighted by Gasteiger charge is 2.06. The van der Waals surface area contributed by atoms with E-state index in [9.17, 15) is 0 Å². The quantitative estimate of drug-likeness (QED) is 0.785. The van der Waals surface area contributed by atoms with E-state index >= 15 is 0 Å². The number of hydrogen-bond acceptors (Lipinski definition) is 3. The molecule has 0 spiro atoms. The molecule has 100 valence electrons. The Morgan fingerprint density at radius 2 is 2.00 bits per heavy atom. The minimum Gasteiger partial charge on any atom is -0.377 e. The Morgan fingerprint density at radius 3 is 2.75 bits per heavy atom. The van der Waals surface area contributed by atoms with E-state index < -0.39 is 0 Å². The third kappa shape index (κ3) is 2.69. The Kier molecular flexibility index (Phi) is 3.46. The summed E-state index contributed by atoms with van der Waals surface area (Å²) >= 11 is 0. The first kappa shape index (κ1) is 12.4. The predicted molar refractivity (Wildman–Crippen MR) is 79.8 cm³/mol. The molecule has 0 aliphatic heterocycles. The Balaban J connectivity index is 1.80. The second kappa shape index (κ2) is 5.57. The summed E-state index contributed by atoms with van der Waals surface area (Å²) in [6.07, 6.45) is 5.52. The van der Waals surface area contributed by atoms with Crippen molar-refractivity contribution in [3.8, 4) is 5.69 Å². The van der Waals surface area contributed by atoms with E-state index in [2.05, 4.69) is 28.4 Å². The van der Waals surface area contributed by atoms with Gasteiger partial charge in [-0.3, -0.25) is 4.98 Å². The van der Waals surface area contributed by atoms with Gasteiger partial charge in [0.1, 0.15) is 0 Å². The van der Waals surface area contributed by atoms with E-state index in [0.717, 1.165) is 17.1 Å². The van der Waals surface area contributed by atoms with Crippen LogP contribution < -0.4 is 5.32 Å². The van der Waals surface area contributed by atoms with Crippen LogP contribution in [0, 0.1) is 0 Å². The molecule has 4 nitrogen and oxygen atoms in total. The molecule has 2 heterocycles. The van der Waals surface area contributed by atoms with E-state index in [1.54, 1.807) is 6.20 Å². The molecule has 2 aromatic heterocycles. The summed E-state index contributed by atoms with van der Waals surface area (Å²) in [7, 11) is 0. The third-order valence-corrected chi connectivity index (χ3v) is 3.13. The first-order chi connectivity index (χ1) is 9.83. The van der Waals surface area contributed by atoms with Gasteiger partial charge in [-0.1, -0.05) is 12.1 Å². The molecule has 20 heavy (non-hydrogen) atoms. The summed E-state index contributed by atoms with van der Waals surface area (Å²) in [6, 6.07) is 16.2. The van der Waals surface area contributed by atoms with E-state index in [4.69, 9.17) is 0 Å². The van der Waals surface area contributed by atoms with E-state index in [0.29, 0.717) is 0 Å². The number of anilines is 1. The fourth-order valence-electron chi connectivity index (χ4n) is 2.12. The first-order valence-corrected chi connectivity index (χ1v) is 6.60. The summed E-state index contributed by atoms with van der Waals surface area (Å²) in [5.41, 5.74) is 3.11. The number of hydrogen-bond donors (Lipinski definition) is 1. The maximum atomic E-state index is 4.37. The zero-order valence-corrected chi connectivity index (χ0v) is 11.3. The molecule has 0 amide bonds. The summed E-state index contributed by atoms with van der Waals surface area (Å²) in [5.74, 6) is 0. The van der Waals surface area contributed by atoms with E-state index in [1.807, 2.05) is 59.5 Å². The van der Waals surface area contributed by atoms with Gasteiger partial charge in [0.05, 0.1) is 17.4 Å². The minimum absolute atomic E-state index is 0.157. The number of nitrogens with one attached hydrogen (secondary N) is 1. The Morgan fingerprint density at radius 1 is 1.05 bits per heavy atom. The van der Waals surface area contributed by atoms with Gasteiger partial charge >= 0.3 is 0 Å². The second-order valence-electron chi connectivity index (χ2n) is 4.62. The largest absolute Gasteiger partial charge is 0.377 e. The average Bonchev–Trinajstić information content (AvgIpc) is 3.03. The lowest BCUT2D eigenvalue weighted by Gasteiger charge is -2.15. The van der Waals surface area contributed by atoms with Crippen molar-refractivity contribution in [3.05, 3.63) is 72.8 Å². The average molecular weight is 264 g/mol. The van der Waals surface area contributed by atoms with Gasteiger partial charge in [0, 0.05) is 24.3 Å². The highest BCUT2D eigenvalue weighted by atomic mass is 15.3. The molecule has 3 aromatic rings.